The zero-order valence-corrected chi connectivity index (χ0v) is 15.8. The van der Waals surface area contributed by atoms with E-state index in [0.717, 1.165) is 38.6 Å². The van der Waals surface area contributed by atoms with Crippen LogP contribution in [-0.2, 0) is 6.54 Å². The van der Waals surface area contributed by atoms with Gasteiger partial charge in [-0.15, -0.1) is 0 Å². The summed E-state index contributed by atoms with van der Waals surface area (Å²) in [5.41, 5.74) is 2.97. The van der Waals surface area contributed by atoms with Crippen LogP contribution in [0.25, 0.3) is 33.1 Å². The van der Waals surface area contributed by atoms with Gasteiger partial charge in [-0.2, -0.15) is 10.2 Å². The molecule has 0 saturated carbocycles. The van der Waals surface area contributed by atoms with Gasteiger partial charge in [0.15, 0.2) is 0 Å². The van der Waals surface area contributed by atoms with Gasteiger partial charge >= 0.3 is 6.09 Å². The molecule has 146 valence electrons. The van der Waals surface area contributed by atoms with Crippen LogP contribution in [0.5, 0.6) is 0 Å². The number of hydrogen-bond acceptors (Lipinski definition) is 5. The number of carbonyl (C=O) groups is 1. The number of hydrogen-bond donors (Lipinski definition) is 1. The van der Waals surface area contributed by atoms with Crippen molar-refractivity contribution in [2.45, 2.75) is 6.54 Å². The fourth-order valence-electron chi connectivity index (χ4n) is 3.52. The molecule has 0 radical (unpaired) electrons. The van der Waals surface area contributed by atoms with Gasteiger partial charge in [-0.05, 0) is 35.2 Å². The number of fused-ring (bicyclic) bond motifs is 2. The normalized spacial score (nSPS) is 11.1. The second kappa shape index (κ2) is 7.29. The minimum absolute atomic E-state index is 0.179. The number of furan rings is 1. The molecule has 2 aromatic carbocycles. The highest BCUT2D eigenvalue weighted by molar-refractivity contribution is 5.97. The lowest BCUT2D eigenvalue weighted by atomic mass is 10.0. The van der Waals surface area contributed by atoms with Gasteiger partial charge in [0.2, 0.25) is 0 Å². The van der Waals surface area contributed by atoms with E-state index in [1.807, 2.05) is 48.5 Å². The molecule has 7 heteroatoms. The fraction of sp³-hybridized carbons (Fsp3) is 0.0435. The molecule has 3 heterocycles. The van der Waals surface area contributed by atoms with E-state index in [2.05, 4.69) is 15.2 Å². The van der Waals surface area contributed by atoms with Crippen LogP contribution in [-0.4, -0.2) is 26.4 Å². The lowest BCUT2D eigenvalue weighted by molar-refractivity contribution is 0.201. The Morgan fingerprint density at radius 1 is 0.967 bits per heavy atom. The number of pyridine rings is 1. The summed E-state index contributed by atoms with van der Waals surface area (Å²) >= 11 is 0. The van der Waals surface area contributed by atoms with Crippen LogP contribution in [0, 0.1) is 0 Å². The maximum absolute atomic E-state index is 11.8. The number of carboxylic acid groups (broad SMARTS) is 1. The zero-order chi connectivity index (χ0) is 20.5. The average Bonchev–Trinajstić information content (AvgIpc) is 3.21. The number of nitrogens with zero attached hydrogens (tertiary/aromatic N) is 4. The van der Waals surface area contributed by atoms with Crippen molar-refractivity contribution >= 4 is 33.5 Å². The Hall–Kier alpha value is -4.26. The summed E-state index contributed by atoms with van der Waals surface area (Å²) in [6, 6.07) is 17.3. The van der Waals surface area contributed by atoms with Crippen LogP contribution in [0.4, 0.5) is 10.5 Å². The van der Waals surface area contributed by atoms with Gasteiger partial charge < -0.3 is 9.52 Å². The quantitative estimate of drug-likeness (QED) is 0.453. The molecular weight excluding hydrogens is 380 g/mol. The molecule has 0 aliphatic rings. The number of rotatable bonds is 4. The van der Waals surface area contributed by atoms with Crippen LogP contribution in [0.2, 0.25) is 0 Å². The Balaban J connectivity index is 1.58. The van der Waals surface area contributed by atoms with Crippen molar-refractivity contribution in [1.29, 1.82) is 0 Å². The van der Waals surface area contributed by atoms with Crippen LogP contribution in [0.15, 0.2) is 83.8 Å². The third kappa shape index (κ3) is 3.22. The molecular formula is C23H16N4O3. The van der Waals surface area contributed by atoms with Gasteiger partial charge in [0.1, 0.15) is 11.3 Å². The standard InChI is InChI=1S/C23H16N4O3/c28-23(29)27(18-7-8-25-26-12-18)14-15-5-6-17-11-24-13-20(19(17)9-15)22-10-16-3-1-2-4-21(16)30-22/h1-13H,14H2,(H,28,29). The van der Waals surface area contributed by atoms with Gasteiger partial charge in [0, 0.05) is 28.7 Å². The highest BCUT2D eigenvalue weighted by atomic mass is 16.4. The number of benzene rings is 2. The van der Waals surface area contributed by atoms with E-state index < -0.39 is 6.09 Å². The van der Waals surface area contributed by atoms with Gasteiger partial charge in [0.25, 0.3) is 0 Å². The topological polar surface area (TPSA) is 92.3 Å². The van der Waals surface area contributed by atoms with Crippen molar-refractivity contribution in [2.24, 2.45) is 0 Å². The summed E-state index contributed by atoms with van der Waals surface area (Å²) in [6.45, 7) is 0.179. The Morgan fingerprint density at radius 3 is 2.67 bits per heavy atom. The molecule has 0 unspecified atom stereocenters. The monoisotopic (exact) mass is 396 g/mol. The van der Waals surface area contributed by atoms with E-state index in [0.29, 0.717) is 5.69 Å². The van der Waals surface area contributed by atoms with Crippen LogP contribution in [0.3, 0.4) is 0 Å². The van der Waals surface area contributed by atoms with E-state index >= 15 is 0 Å². The lowest BCUT2D eigenvalue weighted by Crippen LogP contribution is -2.28. The number of para-hydroxylation sites is 1. The fourth-order valence-corrected chi connectivity index (χ4v) is 3.52. The first-order valence-corrected chi connectivity index (χ1v) is 9.32. The first kappa shape index (κ1) is 17.8. The Morgan fingerprint density at radius 2 is 1.87 bits per heavy atom. The van der Waals surface area contributed by atoms with Gasteiger partial charge in [-0.1, -0.05) is 30.3 Å². The van der Waals surface area contributed by atoms with Gasteiger partial charge in [-0.3, -0.25) is 9.88 Å². The molecule has 1 N–H and O–H groups in total. The number of amides is 1. The number of anilines is 1. The van der Waals surface area contributed by atoms with E-state index in [1.54, 1.807) is 18.5 Å². The summed E-state index contributed by atoms with van der Waals surface area (Å²) in [5.74, 6) is 0.722. The third-order valence-corrected chi connectivity index (χ3v) is 4.97. The van der Waals surface area contributed by atoms with E-state index in [-0.39, 0.29) is 6.54 Å². The average molecular weight is 396 g/mol. The minimum Gasteiger partial charge on any atom is -0.465 e. The van der Waals surface area contributed by atoms with Crippen molar-refractivity contribution in [3.05, 3.63) is 84.9 Å². The molecule has 3 aromatic heterocycles. The highest BCUT2D eigenvalue weighted by Gasteiger charge is 2.16. The molecule has 0 saturated heterocycles. The molecule has 5 aromatic rings. The number of aromatic nitrogens is 3. The second-order valence-electron chi connectivity index (χ2n) is 6.86. The summed E-state index contributed by atoms with van der Waals surface area (Å²) < 4.78 is 6.03. The SMILES string of the molecule is O=C(O)N(Cc1ccc2cncc(-c3cc4ccccc4o3)c2c1)c1ccnnc1. The lowest BCUT2D eigenvalue weighted by Gasteiger charge is -2.19. The minimum atomic E-state index is -1.06. The molecule has 0 spiro atoms. The predicted octanol–water partition coefficient (Wildman–Crippen LogP) is 5.12. The molecule has 0 aliphatic carbocycles. The maximum atomic E-state index is 11.8. The van der Waals surface area contributed by atoms with Crippen LogP contribution >= 0.6 is 0 Å². The zero-order valence-electron chi connectivity index (χ0n) is 15.8. The molecule has 0 aliphatic heterocycles. The van der Waals surface area contributed by atoms with Crippen molar-refractivity contribution in [3.63, 3.8) is 0 Å². The largest absolute Gasteiger partial charge is 0.465 e. The second-order valence-corrected chi connectivity index (χ2v) is 6.86. The molecule has 0 bridgehead atoms. The smallest absolute Gasteiger partial charge is 0.412 e. The Kier molecular flexibility index (Phi) is 4.33. The maximum Gasteiger partial charge on any atom is 0.412 e. The molecule has 1 amide bonds. The molecule has 7 nitrogen and oxygen atoms in total. The van der Waals surface area contributed by atoms with Crippen LogP contribution < -0.4 is 4.90 Å². The van der Waals surface area contributed by atoms with E-state index in [4.69, 9.17) is 4.42 Å². The van der Waals surface area contributed by atoms with Crippen molar-refractivity contribution < 1.29 is 14.3 Å². The molecule has 5 rings (SSSR count). The van der Waals surface area contributed by atoms with Gasteiger partial charge in [-0.25, -0.2) is 4.79 Å². The summed E-state index contributed by atoms with van der Waals surface area (Å²) in [6.07, 6.45) is 5.39. The summed E-state index contributed by atoms with van der Waals surface area (Å²) in [4.78, 5) is 17.4. The van der Waals surface area contributed by atoms with E-state index in [9.17, 15) is 9.90 Å². The first-order chi connectivity index (χ1) is 14.7. The Bertz CT molecular complexity index is 1330. The Labute approximate surface area is 171 Å². The van der Waals surface area contributed by atoms with Crippen LogP contribution in [0.1, 0.15) is 5.56 Å². The summed E-state index contributed by atoms with van der Waals surface area (Å²) in [5, 5.41) is 20.1. The first-order valence-electron chi connectivity index (χ1n) is 9.32. The van der Waals surface area contributed by atoms with Crippen molar-refractivity contribution in [1.82, 2.24) is 15.2 Å². The van der Waals surface area contributed by atoms with Gasteiger partial charge in [0.05, 0.1) is 24.6 Å². The van der Waals surface area contributed by atoms with Crippen molar-refractivity contribution in [2.75, 3.05) is 4.90 Å². The summed E-state index contributed by atoms with van der Waals surface area (Å²) in [7, 11) is 0. The van der Waals surface area contributed by atoms with Crippen molar-refractivity contribution in [3.8, 4) is 11.3 Å². The molecule has 0 atom stereocenters. The third-order valence-electron chi connectivity index (χ3n) is 4.97. The highest BCUT2D eigenvalue weighted by Crippen LogP contribution is 2.33. The molecule has 30 heavy (non-hydrogen) atoms. The predicted molar refractivity (Wildman–Crippen MR) is 113 cm³/mol. The van der Waals surface area contributed by atoms with E-state index in [1.165, 1.54) is 17.3 Å². The molecule has 0 fully saturated rings.